The number of nitrogens with one attached hydrogen (secondary N) is 3. The number of alkyl halides is 6. The van der Waals surface area contributed by atoms with E-state index in [1.807, 2.05) is 4.90 Å². The molecule has 3 aromatic rings. The van der Waals surface area contributed by atoms with Gasteiger partial charge < -0.3 is 20.5 Å². The second kappa shape index (κ2) is 9.64. The van der Waals surface area contributed by atoms with Gasteiger partial charge in [-0.2, -0.15) is 26.3 Å². The van der Waals surface area contributed by atoms with Crippen LogP contribution < -0.4 is 15.5 Å². The second-order valence-electron chi connectivity index (χ2n) is 8.12. The Bertz CT molecular complexity index is 1170. The number of carbonyl (C=O) groups is 1. The molecule has 188 valence electrons. The molecule has 0 radical (unpaired) electrons. The van der Waals surface area contributed by atoms with Gasteiger partial charge in [-0.05, 0) is 36.4 Å². The van der Waals surface area contributed by atoms with Crippen LogP contribution in [-0.4, -0.2) is 59.8 Å². The summed E-state index contributed by atoms with van der Waals surface area (Å²) < 4.78 is 75.4. The first-order valence-corrected chi connectivity index (χ1v) is 10.8. The maximum Gasteiger partial charge on any atom is 0.416 e. The number of amides is 2. The molecular weight excluding hydrogens is 478 g/mol. The van der Waals surface area contributed by atoms with Crippen LogP contribution in [0.4, 0.5) is 48.3 Å². The highest BCUT2D eigenvalue weighted by Crippen LogP contribution is 2.30. The van der Waals surface area contributed by atoms with E-state index in [4.69, 9.17) is 0 Å². The van der Waals surface area contributed by atoms with Crippen LogP contribution in [0.15, 0.2) is 42.6 Å². The maximum atomic E-state index is 12.7. The molecule has 7 nitrogen and oxygen atoms in total. The van der Waals surface area contributed by atoms with Crippen LogP contribution in [0.2, 0.25) is 0 Å². The van der Waals surface area contributed by atoms with Gasteiger partial charge in [0.15, 0.2) is 0 Å². The van der Waals surface area contributed by atoms with Crippen LogP contribution in [-0.2, 0) is 6.18 Å². The Morgan fingerprint density at radius 1 is 0.943 bits per heavy atom. The molecule has 0 atom stereocenters. The van der Waals surface area contributed by atoms with Crippen molar-refractivity contribution in [3.05, 3.63) is 48.2 Å². The molecule has 0 unspecified atom stereocenters. The standard InChI is InChI=1S/C22H22F6N6O/c23-21(24,25)7-8-33-9-11-34(12-10-33)18-6-5-16-19(32-18)17(13-29-16)31-20(35)30-15-3-1-14(2-4-15)22(26,27)28/h1-6,13,29H,7-12H2,(H2,30,31,35). The summed E-state index contributed by atoms with van der Waals surface area (Å²) in [6, 6.07) is 6.97. The number of hydrogen-bond acceptors (Lipinski definition) is 4. The molecule has 3 heterocycles. The Labute approximate surface area is 196 Å². The van der Waals surface area contributed by atoms with Gasteiger partial charge in [0.25, 0.3) is 0 Å². The molecule has 35 heavy (non-hydrogen) atoms. The number of halogens is 6. The highest BCUT2D eigenvalue weighted by molar-refractivity contribution is 6.05. The summed E-state index contributed by atoms with van der Waals surface area (Å²) >= 11 is 0. The SMILES string of the molecule is O=C(Nc1ccc(C(F)(F)F)cc1)Nc1c[nH]c2ccc(N3CCN(CCC(F)(F)F)CC3)nc12. The molecule has 13 heteroatoms. The number of anilines is 3. The summed E-state index contributed by atoms with van der Waals surface area (Å²) in [4.78, 5) is 23.7. The number of hydrogen-bond donors (Lipinski definition) is 3. The Hall–Kier alpha value is -3.48. The number of piperazine rings is 1. The van der Waals surface area contributed by atoms with Crippen molar-refractivity contribution in [2.75, 3.05) is 48.3 Å². The largest absolute Gasteiger partial charge is 0.416 e. The van der Waals surface area contributed by atoms with Gasteiger partial charge in [-0.15, -0.1) is 0 Å². The molecule has 2 amide bonds. The van der Waals surface area contributed by atoms with Gasteiger partial charge in [-0.25, -0.2) is 9.78 Å². The zero-order chi connectivity index (χ0) is 25.2. The third-order valence-corrected chi connectivity index (χ3v) is 5.63. The highest BCUT2D eigenvalue weighted by atomic mass is 19.4. The molecule has 4 rings (SSSR count). The number of urea groups is 1. The molecule has 0 spiro atoms. The lowest BCUT2D eigenvalue weighted by atomic mass is 10.2. The normalized spacial score (nSPS) is 15.4. The van der Waals surface area contributed by atoms with Crippen molar-refractivity contribution in [2.24, 2.45) is 0 Å². The summed E-state index contributed by atoms with van der Waals surface area (Å²) in [6.45, 7) is 1.94. The van der Waals surface area contributed by atoms with E-state index in [1.54, 1.807) is 23.2 Å². The molecule has 3 N–H and O–H groups in total. The van der Waals surface area contributed by atoms with Crippen LogP contribution in [0.3, 0.4) is 0 Å². The smallest absolute Gasteiger partial charge is 0.358 e. The van der Waals surface area contributed by atoms with E-state index in [1.165, 1.54) is 0 Å². The topological polar surface area (TPSA) is 76.3 Å². The molecule has 0 bridgehead atoms. The van der Waals surface area contributed by atoms with Gasteiger partial charge in [0.05, 0.1) is 23.2 Å². The number of fused-ring (bicyclic) bond motifs is 1. The lowest BCUT2D eigenvalue weighted by Crippen LogP contribution is -2.47. The lowest BCUT2D eigenvalue weighted by Gasteiger charge is -2.35. The Kier molecular flexibility index (Phi) is 6.79. The minimum Gasteiger partial charge on any atom is -0.358 e. The van der Waals surface area contributed by atoms with Crippen molar-refractivity contribution in [3.63, 3.8) is 0 Å². The molecule has 1 aromatic carbocycles. The summed E-state index contributed by atoms with van der Waals surface area (Å²) in [6.07, 6.45) is -7.95. The molecule has 1 saturated heterocycles. The average molecular weight is 500 g/mol. The van der Waals surface area contributed by atoms with Crippen molar-refractivity contribution >= 4 is 34.3 Å². The van der Waals surface area contributed by atoms with Crippen LogP contribution in [0.1, 0.15) is 12.0 Å². The van der Waals surface area contributed by atoms with Crippen molar-refractivity contribution in [1.82, 2.24) is 14.9 Å². The maximum absolute atomic E-state index is 12.7. The van der Waals surface area contributed by atoms with E-state index in [-0.39, 0.29) is 12.2 Å². The van der Waals surface area contributed by atoms with E-state index < -0.39 is 30.4 Å². The minimum absolute atomic E-state index is 0.0380. The summed E-state index contributed by atoms with van der Waals surface area (Å²) in [7, 11) is 0. The predicted octanol–water partition coefficient (Wildman–Crippen LogP) is 5.30. The third-order valence-electron chi connectivity index (χ3n) is 5.63. The number of H-pyrrole nitrogens is 1. The van der Waals surface area contributed by atoms with E-state index in [0.717, 1.165) is 24.3 Å². The van der Waals surface area contributed by atoms with Crippen LogP contribution >= 0.6 is 0 Å². The first-order chi connectivity index (χ1) is 16.5. The number of benzene rings is 1. The first kappa shape index (κ1) is 24.6. The van der Waals surface area contributed by atoms with Gasteiger partial charge in [0, 0.05) is 44.6 Å². The fourth-order valence-corrected chi connectivity index (χ4v) is 3.77. The number of pyridine rings is 1. The second-order valence-corrected chi connectivity index (χ2v) is 8.12. The van der Waals surface area contributed by atoms with Gasteiger partial charge in [-0.1, -0.05) is 0 Å². The van der Waals surface area contributed by atoms with Gasteiger partial charge in [-0.3, -0.25) is 4.90 Å². The number of aromatic nitrogens is 2. The number of nitrogens with zero attached hydrogens (tertiary/aromatic N) is 3. The average Bonchev–Trinajstić information content (AvgIpc) is 3.19. The Morgan fingerprint density at radius 2 is 1.63 bits per heavy atom. The predicted molar refractivity (Wildman–Crippen MR) is 120 cm³/mol. The molecule has 1 aliphatic heterocycles. The van der Waals surface area contributed by atoms with Gasteiger partial charge in [0.2, 0.25) is 0 Å². The molecule has 0 aliphatic carbocycles. The number of rotatable bonds is 5. The molecule has 0 saturated carbocycles. The van der Waals surface area contributed by atoms with Crippen molar-refractivity contribution < 1.29 is 31.1 Å². The van der Waals surface area contributed by atoms with Crippen molar-refractivity contribution in [3.8, 4) is 0 Å². The molecule has 2 aromatic heterocycles. The summed E-state index contributed by atoms with van der Waals surface area (Å²) in [5.74, 6) is 0.624. The quantitative estimate of drug-likeness (QED) is 0.416. The number of carbonyl (C=O) groups excluding carboxylic acids is 1. The van der Waals surface area contributed by atoms with Gasteiger partial charge in [0.1, 0.15) is 11.3 Å². The zero-order valence-corrected chi connectivity index (χ0v) is 18.3. The Morgan fingerprint density at radius 3 is 2.26 bits per heavy atom. The van der Waals surface area contributed by atoms with Crippen LogP contribution in [0.5, 0.6) is 0 Å². The third kappa shape index (κ3) is 6.35. The van der Waals surface area contributed by atoms with Crippen molar-refractivity contribution in [2.45, 2.75) is 18.8 Å². The summed E-state index contributed by atoms with van der Waals surface area (Å²) in [5.41, 5.74) is 0.868. The van der Waals surface area contributed by atoms with Crippen LogP contribution in [0, 0.1) is 0 Å². The first-order valence-electron chi connectivity index (χ1n) is 10.8. The van der Waals surface area contributed by atoms with E-state index >= 15 is 0 Å². The number of aromatic amines is 1. The fourth-order valence-electron chi connectivity index (χ4n) is 3.77. The van der Waals surface area contributed by atoms with E-state index in [0.29, 0.717) is 48.7 Å². The molecule has 1 fully saturated rings. The monoisotopic (exact) mass is 500 g/mol. The van der Waals surface area contributed by atoms with Crippen molar-refractivity contribution in [1.29, 1.82) is 0 Å². The highest BCUT2D eigenvalue weighted by Gasteiger charge is 2.30. The van der Waals surface area contributed by atoms with E-state index in [2.05, 4.69) is 20.6 Å². The van der Waals surface area contributed by atoms with Crippen LogP contribution in [0.25, 0.3) is 11.0 Å². The van der Waals surface area contributed by atoms with E-state index in [9.17, 15) is 31.1 Å². The molecular formula is C22H22F6N6O. The summed E-state index contributed by atoms with van der Waals surface area (Å²) in [5, 5.41) is 5.10. The lowest BCUT2D eigenvalue weighted by molar-refractivity contribution is -0.138. The fraction of sp³-hybridized carbons (Fsp3) is 0.364. The Balaban J connectivity index is 1.38. The van der Waals surface area contributed by atoms with Gasteiger partial charge >= 0.3 is 18.4 Å². The minimum atomic E-state index is -4.47. The zero-order valence-electron chi connectivity index (χ0n) is 18.3. The molecule has 1 aliphatic rings.